The molecule has 3 aromatic rings. The number of ether oxygens (including phenoxy) is 2. The Balaban J connectivity index is 1.64. The zero-order valence-electron chi connectivity index (χ0n) is 14.2. The van der Waals surface area contributed by atoms with Crippen LogP contribution in [0, 0.1) is 6.92 Å². The van der Waals surface area contributed by atoms with Gasteiger partial charge in [0.1, 0.15) is 35.5 Å². The van der Waals surface area contributed by atoms with Crippen LogP contribution in [0.4, 0.5) is 0 Å². The summed E-state index contributed by atoms with van der Waals surface area (Å²) in [5.74, 6) is 1.40. The first-order valence-corrected chi connectivity index (χ1v) is 9.21. The van der Waals surface area contributed by atoms with Crippen molar-refractivity contribution in [3.8, 4) is 22.8 Å². The van der Waals surface area contributed by atoms with E-state index in [0.717, 1.165) is 27.6 Å². The highest BCUT2D eigenvalue weighted by molar-refractivity contribution is 7.09. The smallest absolute Gasteiger partial charge is 0.144 e. The Morgan fingerprint density at radius 1 is 1.23 bits per heavy atom. The zero-order chi connectivity index (χ0) is 18.5. The fourth-order valence-electron chi connectivity index (χ4n) is 2.35. The molecule has 1 aromatic heterocycles. The van der Waals surface area contributed by atoms with Crippen molar-refractivity contribution < 1.29 is 14.6 Å². The normalized spacial score (nSPS) is 10.5. The molecule has 0 unspecified atom stereocenters. The van der Waals surface area contributed by atoms with Crippen molar-refractivity contribution in [1.82, 2.24) is 4.98 Å². The molecule has 26 heavy (non-hydrogen) atoms. The lowest BCUT2D eigenvalue weighted by Crippen LogP contribution is -2.01. The van der Waals surface area contributed by atoms with E-state index in [1.807, 2.05) is 54.8 Å². The van der Waals surface area contributed by atoms with Crippen LogP contribution in [0.15, 0.2) is 60.2 Å². The van der Waals surface area contributed by atoms with E-state index in [1.54, 1.807) is 0 Å². The summed E-state index contributed by atoms with van der Waals surface area (Å²) in [6, 6.07) is 13.2. The number of aromatic nitrogens is 1. The molecule has 0 radical (unpaired) electrons. The summed E-state index contributed by atoms with van der Waals surface area (Å²) in [5, 5.41) is 12.6. The van der Waals surface area contributed by atoms with Gasteiger partial charge in [-0.2, -0.15) is 0 Å². The van der Waals surface area contributed by atoms with Crippen molar-refractivity contribution in [3.05, 3.63) is 75.8 Å². The van der Waals surface area contributed by atoms with Crippen LogP contribution in [0.3, 0.4) is 0 Å². The highest BCUT2D eigenvalue weighted by Crippen LogP contribution is 2.29. The van der Waals surface area contributed by atoms with Crippen molar-refractivity contribution in [2.75, 3.05) is 6.61 Å². The van der Waals surface area contributed by atoms with Gasteiger partial charge < -0.3 is 14.6 Å². The second-order valence-corrected chi connectivity index (χ2v) is 7.03. The van der Waals surface area contributed by atoms with Crippen molar-refractivity contribution in [1.29, 1.82) is 0 Å². The Morgan fingerprint density at radius 2 is 2.04 bits per heavy atom. The number of thiazole rings is 1. The van der Waals surface area contributed by atoms with Crippen LogP contribution in [0.1, 0.15) is 10.6 Å². The van der Waals surface area contributed by atoms with Crippen molar-refractivity contribution in [2.45, 2.75) is 13.5 Å². The maximum atomic E-state index is 9.11. The van der Waals surface area contributed by atoms with E-state index in [1.165, 1.54) is 11.3 Å². The Hall–Kier alpha value is -2.50. The number of hydrogen-bond acceptors (Lipinski definition) is 5. The number of aliphatic hydroxyl groups excluding tert-OH is 1. The predicted octanol–water partition coefficient (Wildman–Crippen LogP) is 5.80. The third kappa shape index (κ3) is 4.56. The summed E-state index contributed by atoms with van der Waals surface area (Å²) in [5.41, 5.74) is 2.68. The quantitative estimate of drug-likeness (QED) is 0.520. The molecule has 0 fully saturated rings. The summed E-state index contributed by atoms with van der Waals surface area (Å²) in [6.45, 7) is 5.77. The Kier molecular flexibility index (Phi) is 5.81. The Bertz CT molecular complexity index is 923. The van der Waals surface area contributed by atoms with E-state index in [2.05, 4.69) is 11.6 Å². The topological polar surface area (TPSA) is 51.6 Å². The van der Waals surface area contributed by atoms with E-state index in [9.17, 15) is 0 Å². The summed E-state index contributed by atoms with van der Waals surface area (Å²) in [4.78, 5) is 4.59. The summed E-state index contributed by atoms with van der Waals surface area (Å²) < 4.78 is 11.3. The van der Waals surface area contributed by atoms with Crippen molar-refractivity contribution in [3.63, 3.8) is 0 Å². The van der Waals surface area contributed by atoms with E-state index in [0.29, 0.717) is 17.4 Å². The van der Waals surface area contributed by atoms with Gasteiger partial charge in [-0.05, 0) is 36.8 Å². The van der Waals surface area contributed by atoms with Gasteiger partial charge in [0.2, 0.25) is 0 Å². The molecular formula is C20H18ClNO3S. The van der Waals surface area contributed by atoms with Crippen LogP contribution in [0.5, 0.6) is 11.5 Å². The van der Waals surface area contributed by atoms with Gasteiger partial charge in [-0.1, -0.05) is 36.4 Å². The molecule has 0 aliphatic heterocycles. The molecule has 0 aliphatic carbocycles. The molecule has 0 spiro atoms. The molecule has 0 aliphatic rings. The molecular weight excluding hydrogens is 370 g/mol. The minimum Gasteiger partial charge on any atom is -0.509 e. The maximum absolute atomic E-state index is 9.11. The number of nitrogens with zero attached hydrogens (tertiary/aromatic N) is 1. The van der Waals surface area contributed by atoms with E-state index < -0.39 is 0 Å². The number of halogens is 1. The highest BCUT2D eigenvalue weighted by Gasteiger charge is 2.09. The lowest BCUT2D eigenvalue weighted by Gasteiger charge is -2.10. The van der Waals surface area contributed by atoms with Crippen LogP contribution in [-0.2, 0) is 6.61 Å². The largest absolute Gasteiger partial charge is 0.509 e. The minimum atomic E-state index is -0.0113. The number of hydrogen-bond donors (Lipinski definition) is 1. The van der Waals surface area contributed by atoms with E-state index in [4.69, 9.17) is 26.2 Å². The van der Waals surface area contributed by atoms with Crippen LogP contribution in [-0.4, -0.2) is 16.7 Å². The van der Waals surface area contributed by atoms with Gasteiger partial charge in [-0.15, -0.1) is 11.3 Å². The molecule has 0 saturated heterocycles. The van der Waals surface area contributed by atoms with Gasteiger partial charge in [-0.3, -0.25) is 0 Å². The maximum Gasteiger partial charge on any atom is 0.144 e. The van der Waals surface area contributed by atoms with E-state index >= 15 is 0 Å². The molecule has 0 bridgehead atoms. The molecule has 1 heterocycles. The summed E-state index contributed by atoms with van der Waals surface area (Å²) >= 11 is 7.75. The fraction of sp³-hybridized carbons (Fsp3) is 0.150. The van der Waals surface area contributed by atoms with Gasteiger partial charge >= 0.3 is 0 Å². The molecule has 0 atom stereocenters. The predicted molar refractivity (Wildman–Crippen MR) is 105 cm³/mol. The third-order valence-corrected chi connectivity index (χ3v) is 4.76. The second kappa shape index (κ2) is 8.25. The van der Waals surface area contributed by atoms with Gasteiger partial charge in [-0.25, -0.2) is 4.98 Å². The average Bonchev–Trinajstić information content (AvgIpc) is 3.08. The third-order valence-electron chi connectivity index (χ3n) is 3.60. The SMILES string of the molecule is C=C(O)COc1ccc(OCc2nc(-c3ccccc3Cl)cs2)cc1C. The summed E-state index contributed by atoms with van der Waals surface area (Å²) in [7, 11) is 0. The van der Waals surface area contributed by atoms with Gasteiger partial charge in [0, 0.05) is 16.0 Å². The number of rotatable bonds is 7. The Labute approximate surface area is 161 Å². The number of aryl methyl sites for hydroxylation is 1. The van der Waals surface area contributed by atoms with Gasteiger partial charge in [0.15, 0.2) is 0 Å². The standard InChI is InChI=1S/C20H18ClNO3S/c1-13-9-15(7-8-19(13)25-10-14(2)23)24-11-20-22-18(12-26-20)16-5-3-4-6-17(16)21/h3-9,12,23H,2,10-11H2,1H3. The minimum absolute atomic E-state index is 0.0113. The highest BCUT2D eigenvalue weighted by atomic mass is 35.5. The zero-order valence-corrected chi connectivity index (χ0v) is 15.8. The van der Waals surface area contributed by atoms with Crippen molar-refractivity contribution >= 4 is 22.9 Å². The molecule has 0 saturated carbocycles. The first-order valence-electron chi connectivity index (χ1n) is 7.95. The number of aliphatic hydroxyl groups is 1. The molecule has 134 valence electrons. The van der Waals surface area contributed by atoms with Gasteiger partial charge in [0.05, 0.1) is 5.69 Å². The van der Waals surface area contributed by atoms with Crippen LogP contribution in [0.2, 0.25) is 5.02 Å². The fourth-order valence-corrected chi connectivity index (χ4v) is 3.29. The molecule has 6 heteroatoms. The van der Waals surface area contributed by atoms with Gasteiger partial charge in [0.25, 0.3) is 0 Å². The molecule has 3 rings (SSSR count). The van der Waals surface area contributed by atoms with Crippen LogP contribution >= 0.6 is 22.9 Å². The lowest BCUT2D eigenvalue weighted by molar-refractivity contribution is 0.269. The Morgan fingerprint density at radius 3 is 2.77 bits per heavy atom. The molecule has 1 N–H and O–H groups in total. The first kappa shape index (κ1) is 18.3. The summed E-state index contributed by atoms with van der Waals surface area (Å²) in [6.07, 6.45) is 0. The monoisotopic (exact) mass is 387 g/mol. The van der Waals surface area contributed by atoms with E-state index in [-0.39, 0.29) is 12.4 Å². The molecule has 4 nitrogen and oxygen atoms in total. The van der Waals surface area contributed by atoms with Crippen LogP contribution in [0.25, 0.3) is 11.3 Å². The second-order valence-electron chi connectivity index (χ2n) is 5.68. The van der Waals surface area contributed by atoms with Crippen molar-refractivity contribution in [2.24, 2.45) is 0 Å². The first-order chi connectivity index (χ1) is 12.5. The van der Waals surface area contributed by atoms with Crippen LogP contribution < -0.4 is 9.47 Å². The molecule has 0 amide bonds. The number of benzene rings is 2. The molecule has 2 aromatic carbocycles. The lowest BCUT2D eigenvalue weighted by atomic mass is 10.2. The average molecular weight is 388 g/mol.